The van der Waals surface area contributed by atoms with E-state index < -0.39 is 0 Å². The van der Waals surface area contributed by atoms with E-state index in [1.165, 1.54) is 6.07 Å². The molecule has 1 N–H and O–H groups in total. The molecule has 20 heavy (non-hydrogen) atoms. The molecule has 0 bridgehead atoms. The maximum atomic E-state index is 12.6. The zero-order valence-corrected chi connectivity index (χ0v) is 12.3. The largest absolute Gasteiger partial charge is 0.338 e. The van der Waals surface area contributed by atoms with E-state index >= 15 is 0 Å². The number of carbonyl (C=O) groups is 1. The lowest BCUT2D eigenvalue weighted by atomic mass is 9.83. The van der Waals surface area contributed by atoms with Crippen molar-refractivity contribution in [2.24, 2.45) is 11.3 Å². The molecule has 2 aliphatic rings. The maximum Gasteiger partial charge on any atom is 0.255 e. The van der Waals surface area contributed by atoms with Gasteiger partial charge in [-0.05, 0) is 25.5 Å². The second-order valence-corrected chi connectivity index (χ2v) is 6.63. The van der Waals surface area contributed by atoms with Gasteiger partial charge in [-0.1, -0.05) is 6.92 Å². The summed E-state index contributed by atoms with van der Waals surface area (Å²) in [5.41, 5.74) is 1.41. The van der Waals surface area contributed by atoms with Crippen LogP contribution in [0.1, 0.15) is 22.8 Å². The van der Waals surface area contributed by atoms with E-state index in [0.29, 0.717) is 11.5 Å². The van der Waals surface area contributed by atoms with Crippen LogP contribution in [-0.4, -0.2) is 53.9 Å². The van der Waals surface area contributed by atoms with Gasteiger partial charge in [-0.25, -0.2) is 0 Å². The van der Waals surface area contributed by atoms with E-state index in [9.17, 15) is 9.59 Å². The minimum atomic E-state index is -0.161. The van der Waals surface area contributed by atoms with Crippen molar-refractivity contribution in [2.45, 2.75) is 13.8 Å². The van der Waals surface area contributed by atoms with Gasteiger partial charge >= 0.3 is 0 Å². The first-order valence-electron chi connectivity index (χ1n) is 7.06. The van der Waals surface area contributed by atoms with Crippen molar-refractivity contribution in [3.8, 4) is 0 Å². The average Bonchev–Trinajstić information content (AvgIpc) is 2.78. The lowest BCUT2D eigenvalue weighted by Gasteiger charge is -2.24. The zero-order chi connectivity index (χ0) is 14.5. The Balaban J connectivity index is 1.82. The Morgan fingerprint density at radius 3 is 2.80 bits per heavy atom. The quantitative estimate of drug-likeness (QED) is 0.821. The number of likely N-dealkylation sites (tertiary alicyclic amines) is 2. The number of aryl methyl sites for hydroxylation is 1. The number of nitrogens with zero attached hydrogens (tertiary/aromatic N) is 2. The van der Waals surface area contributed by atoms with Crippen LogP contribution in [0, 0.1) is 18.3 Å². The number of hydrogen-bond donors (Lipinski definition) is 1. The molecule has 0 spiro atoms. The molecule has 5 nitrogen and oxygen atoms in total. The molecule has 1 amide bonds. The summed E-state index contributed by atoms with van der Waals surface area (Å²) in [7, 11) is 2.14. The first-order valence-corrected chi connectivity index (χ1v) is 7.06. The van der Waals surface area contributed by atoms with Gasteiger partial charge in [0.1, 0.15) is 0 Å². The SMILES string of the molecule is Cc1cc(=O)[nH]cc1C(=O)N1C[C@H]2CN(C)C[C@@]2(C)C1. The Kier molecular flexibility index (Phi) is 2.97. The number of amides is 1. The monoisotopic (exact) mass is 275 g/mol. The molecule has 108 valence electrons. The van der Waals surface area contributed by atoms with Crippen molar-refractivity contribution in [1.29, 1.82) is 0 Å². The fourth-order valence-electron chi connectivity index (χ4n) is 3.76. The normalized spacial score (nSPS) is 29.8. The third kappa shape index (κ3) is 2.06. The summed E-state index contributed by atoms with van der Waals surface area (Å²) in [6.07, 6.45) is 1.54. The van der Waals surface area contributed by atoms with E-state index in [4.69, 9.17) is 0 Å². The summed E-state index contributed by atoms with van der Waals surface area (Å²) in [5, 5.41) is 0. The number of fused-ring (bicyclic) bond motifs is 1. The fourth-order valence-corrected chi connectivity index (χ4v) is 3.76. The molecule has 0 aromatic carbocycles. The van der Waals surface area contributed by atoms with Crippen LogP contribution < -0.4 is 5.56 Å². The van der Waals surface area contributed by atoms with Crippen LogP contribution in [0.4, 0.5) is 0 Å². The Labute approximate surface area is 118 Å². The molecule has 2 saturated heterocycles. The van der Waals surface area contributed by atoms with E-state index in [2.05, 4.69) is 23.9 Å². The zero-order valence-electron chi connectivity index (χ0n) is 12.3. The average molecular weight is 275 g/mol. The summed E-state index contributed by atoms with van der Waals surface area (Å²) >= 11 is 0. The van der Waals surface area contributed by atoms with Crippen molar-refractivity contribution in [1.82, 2.24) is 14.8 Å². The molecular weight excluding hydrogens is 254 g/mol. The van der Waals surface area contributed by atoms with Crippen molar-refractivity contribution in [3.05, 3.63) is 33.7 Å². The number of aromatic nitrogens is 1. The Morgan fingerprint density at radius 2 is 2.15 bits per heavy atom. The number of hydrogen-bond acceptors (Lipinski definition) is 3. The molecule has 0 saturated carbocycles. The molecule has 0 aliphatic carbocycles. The Morgan fingerprint density at radius 1 is 1.40 bits per heavy atom. The lowest BCUT2D eigenvalue weighted by molar-refractivity contribution is 0.0764. The second-order valence-electron chi connectivity index (χ2n) is 6.63. The topological polar surface area (TPSA) is 56.4 Å². The minimum absolute atomic E-state index is 0.0389. The number of nitrogens with one attached hydrogen (secondary N) is 1. The van der Waals surface area contributed by atoms with Crippen LogP contribution in [0.5, 0.6) is 0 Å². The summed E-state index contributed by atoms with van der Waals surface area (Å²) in [6, 6.07) is 1.49. The molecule has 2 atom stereocenters. The number of H-pyrrole nitrogens is 1. The molecule has 1 aromatic heterocycles. The molecular formula is C15H21N3O2. The van der Waals surface area contributed by atoms with Gasteiger partial charge in [0.05, 0.1) is 5.56 Å². The van der Waals surface area contributed by atoms with Gasteiger partial charge in [-0.2, -0.15) is 0 Å². The third-order valence-corrected chi connectivity index (χ3v) is 4.79. The molecule has 0 radical (unpaired) electrons. The van der Waals surface area contributed by atoms with Gasteiger partial charge in [0.15, 0.2) is 0 Å². The van der Waals surface area contributed by atoms with Crippen molar-refractivity contribution in [2.75, 3.05) is 33.2 Å². The summed E-state index contributed by atoms with van der Waals surface area (Å²) in [5.74, 6) is 0.594. The van der Waals surface area contributed by atoms with Gasteiger partial charge in [0.25, 0.3) is 5.91 Å². The molecule has 3 rings (SSSR count). The fraction of sp³-hybridized carbons (Fsp3) is 0.600. The standard InChI is InChI=1S/C15H21N3O2/c1-10-4-13(19)16-5-12(10)14(20)18-7-11-6-17(3)8-15(11,2)9-18/h4-5,11H,6-9H2,1-3H3,(H,16,19)/t11-,15+/m1/s1. The molecule has 1 aromatic rings. The lowest BCUT2D eigenvalue weighted by Crippen LogP contribution is -2.35. The number of pyridine rings is 1. The van der Waals surface area contributed by atoms with Gasteiger partial charge in [0, 0.05) is 43.9 Å². The first kappa shape index (κ1) is 13.4. The molecule has 5 heteroatoms. The Bertz CT molecular complexity index is 609. The third-order valence-electron chi connectivity index (χ3n) is 4.79. The van der Waals surface area contributed by atoms with E-state index in [1.807, 2.05) is 11.8 Å². The highest BCUT2D eigenvalue weighted by Crippen LogP contribution is 2.41. The van der Waals surface area contributed by atoms with Crippen molar-refractivity contribution in [3.63, 3.8) is 0 Å². The second kappa shape index (κ2) is 4.45. The van der Waals surface area contributed by atoms with E-state index in [1.54, 1.807) is 6.20 Å². The number of rotatable bonds is 1. The van der Waals surface area contributed by atoms with Gasteiger partial charge < -0.3 is 14.8 Å². The molecule has 2 aliphatic heterocycles. The highest BCUT2D eigenvalue weighted by atomic mass is 16.2. The highest BCUT2D eigenvalue weighted by molar-refractivity contribution is 5.95. The number of aromatic amines is 1. The molecule has 3 heterocycles. The van der Waals surface area contributed by atoms with Crippen LogP contribution in [-0.2, 0) is 0 Å². The predicted octanol–water partition coefficient (Wildman–Crippen LogP) is 0.707. The summed E-state index contributed by atoms with van der Waals surface area (Å²) in [6.45, 7) is 7.82. The Hall–Kier alpha value is -1.62. The highest BCUT2D eigenvalue weighted by Gasteiger charge is 2.49. The molecule has 0 unspecified atom stereocenters. The molecule has 2 fully saturated rings. The van der Waals surface area contributed by atoms with Gasteiger partial charge in [0.2, 0.25) is 5.56 Å². The minimum Gasteiger partial charge on any atom is -0.338 e. The van der Waals surface area contributed by atoms with Gasteiger partial charge in [-0.3, -0.25) is 9.59 Å². The van der Waals surface area contributed by atoms with E-state index in [-0.39, 0.29) is 16.9 Å². The van der Waals surface area contributed by atoms with Crippen LogP contribution in [0.2, 0.25) is 0 Å². The van der Waals surface area contributed by atoms with Crippen molar-refractivity contribution >= 4 is 5.91 Å². The van der Waals surface area contributed by atoms with Gasteiger partial charge in [-0.15, -0.1) is 0 Å². The van der Waals surface area contributed by atoms with Crippen LogP contribution >= 0.6 is 0 Å². The van der Waals surface area contributed by atoms with Crippen LogP contribution in [0.15, 0.2) is 17.1 Å². The smallest absolute Gasteiger partial charge is 0.255 e. The van der Waals surface area contributed by atoms with Crippen molar-refractivity contribution < 1.29 is 4.79 Å². The van der Waals surface area contributed by atoms with Crippen LogP contribution in [0.25, 0.3) is 0 Å². The first-order chi connectivity index (χ1) is 9.39. The predicted molar refractivity (Wildman–Crippen MR) is 76.8 cm³/mol. The summed E-state index contributed by atoms with van der Waals surface area (Å²) in [4.78, 5) is 30.8. The number of carbonyl (C=O) groups excluding carboxylic acids is 1. The van der Waals surface area contributed by atoms with Crippen LogP contribution in [0.3, 0.4) is 0 Å². The summed E-state index contributed by atoms with van der Waals surface area (Å²) < 4.78 is 0. The van der Waals surface area contributed by atoms with E-state index in [0.717, 1.165) is 31.7 Å². The maximum absolute atomic E-state index is 12.6.